The molecule has 330 valence electrons. The molecule has 0 aliphatic carbocycles. The van der Waals surface area contributed by atoms with Gasteiger partial charge in [-0.05, 0) is 130 Å². The highest BCUT2D eigenvalue weighted by atomic mass is 19.1. The van der Waals surface area contributed by atoms with Crippen molar-refractivity contribution in [1.29, 1.82) is 0 Å². The van der Waals surface area contributed by atoms with Crippen molar-refractivity contribution in [3.8, 4) is 0 Å². The summed E-state index contributed by atoms with van der Waals surface area (Å²) < 4.78 is 18.7. The molecule has 0 saturated carbocycles. The lowest BCUT2D eigenvalue weighted by atomic mass is 9.99. The SMILES string of the molecule is C=CC(=CC)C(C(=O)N1CCCC1C(=O)Nc1ccc(CN(Cc2ccc(NC(=O)C3CCCN3C(=O)C(CC)NC(=O)OC)cc2)c2ccc(F)cc2)cc1)N1CCCCC1. The monoisotopic (exact) mass is 849 g/mol. The van der Waals surface area contributed by atoms with Crippen LogP contribution in [0.1, 0.15) is 76.3 Å². The number of hydrogen-bond donors (Lipinski definition) is 3. The second kappa shape index (κ2) is 21.7. The number of benzene rings is 3. The Hall–Kier alpha value is -6.02. The molecule has 0 radical (unpaired) electrons. The van der Waals surface area contributed by atoms with Crippen LogP contribution in [-0.4, -0.2) is 102 Å². The number of piperidine rings is 1. The summed E-state index contributed by atoms with van der Waals surface area (Å²) >= 11 is 0. The van der Waals surface area contributed by atoms with E-state index in [1.807, 2.05) is 61.5 Å². The highest BCUT2D eigenvalue weighted by Crippen LogP contribution is 2.28. The number of likely N-dealkylation sites (tertiary alicyclic amines) is 3. The van der Waals surface area contributed by atoms with E-state index in [1.54, 1.807) is 30.0 Å². The van der Waals surface area contributed by atoms with Crippen LogP contribution < -0.4 is 20.9 Å². The molecule has 0 bridgehead atoms. The maximum Gasteiger partial charge on any atom is 0.407 e. The van der Waals surface area contributed by atoms with Gasteiger partial charge in [0.1, 0.15) is 30.0 Å². The molecule has 3 aliphatic rings. The molecular formula is C48H60FN7O6. The molecule has 3 N–H and O–H groups in total. The quantitative estimate of drug-likeness (QED) is 0.131. The van der Waals surface area contributed by atoms with Crippen molar-refractivity contribution in [1.82, 2.24) is 20.0 Å². The zero-order valence-electron chi connectivity index (χ0n) is 36.1. The molecule has 3 fully saturated rings. The predicted octanol–water partition coefficient (Wildman–Crippen LogP) is 7.01. The molecule has 5 amide bonds. The van der Waals surface area contributed by atoms with Crippen LogP contribution in [0.3, 0.4) is 0 Å². The maximum absolute atomic E-state index is 14.1. The van der Waals surface area contributed by atoms with Crippen LogP contribution in [0.5, 0.6) is 0 Å². The second-order valence-electron chi connectivity index (χ2n) is 16.2. The van der Waals surface area contributed by atoms with Gasteiger partial charge in [-0.3, -0.25) is 24.1 Å². The van der Waals surface area contributed by atoms with E-state index in [2.05, 4.69) is 37.1 Å². The number of nitrogens with one attached hydrogen (secondary N) is 3. The number of methoxy groups -OCH3 is 1. The molecule has 3 aromatic rings. The summed E-state index contributed by atoms with van der Waals surface area (Å²) in [4.78, 5) is 73.9. The second-order valence-corrected chi connectivity index (χ2v) is 16.2. The van der Waals surface area contributed by atoms with Crippen LogP contribution in [0, 0.1) is 5.82 Å². The molecule has 13 nitrogen and oxygen atoms in total. The molecule has 6 rings (SSSR count). The van der Waals surface area contributed by atoms with E-state index in [1.165, 1.54) is 24.1 Å². The number of carbonyl (C=O) groups is 5. The summed E-state index contributed by atoms with van der Waals surface area (Å²) in [6.45, 7) is 11.3. The first-order chi connectivity index (χ1) is 30.0. The van der Waals surface area contributed by atoms with Crippen LogP contribution in [0.2, 0.25) is 0 Å². The van der Waals surface area contributed by atoms with E-state index < -0.39 is 30.3 Å². The number of amides is 5. The third-order valence-corrected chi connectivity index (χ3v) is 12.1. The predicted molar refractivity (Wildman–Crippen MR) is 239 cm³/mol. The molecule has 14 heteroatoms. The van der Waals surface area contributed by atoms with Crippen molar-refractivity contribution in [2.45, 2.75) is 102 Å². The number of alkyl carbamates (subject to hydrolysis) is 1. The molecule has 0 aromatic heterocycles. The number of anilines is 3. The van der Waals surface area contributed by atoms with Crippen LogP contribution in [0.25, 0.3) is 0 Å². The number of halogens is 1. The van der Waals surface area contributed by atoms with Gasteiger partial charge in [0.05, 0.1) is 7.11 Å². The van der Waals surface area contributed by atoms with E-state index in [-0.39, 0.29) is 29.4 Å². The molecule has 62 heavy (non-hydrogen) atoms. The molecule has 4 atom stereocenters. The summed E-state index contributed by atoms with van der Waals surface area (Å²) in [7, 11) is 1.24. The van der Waals surface area contributed by atoms with Gasteiger partial charge in [0.2, 0.25) is 23.6 Å². The first kappa shape index (κ1) is 45.5. The van der Waals surface area contributed by atoms with Gasteiger partial charge in [0, 0.05) is 43.2 Å². The van der Waals surface area contributed by atoms with Crippen LogP contribution in [0.15, 0.2) is 97.1 Å². The van der Waals surface area contributed by atoms with Crippen LogP contribution in [-0.2, 0) is 37.0 Å². The zero-order valence-corrected chi connectivity index (χ0v) is 36.1. The van der Waals surface area contributed by atoms with Crippen molar-refractivity contribution in [2.75, 3.05) is 48.8 Å². The van der Waals surface area contributed by atoms with Gasteiger partial charge in [-0.2, -0.15) is 0 Å². The smallest absolute Gasteiger partial charge is 0.407 e. The van der Waals surface area contributed by atoms with Gasteiger partial charge in [-0.1, -0.05) is 56.3 Å². The lowest BCUT2D eigenvalue weighted by molar-refractivity contribution is -0.140. The van der Waals surface area contributed by atoms with Gasteiger partial charge < -0.3 is 35.4 Å². The van der Waals surface area contributed by atoms with Crippen LogP contribution >= 0.6 is 0 Å². The molecule has 3 heterocycles. The first-order valence-electron chi connectivity index (χ1n) is 21.8. The number of ether oxygens (including phenoxy) is 1. The molecule has 0 spiro atoms. The van der Waals surface area contributed by atoms with Gasteiger partial charge in [0.15, 0.2) is 0 Å². The van der Waals surface area contributed by atoms with Gasteiger partial charge in [-0.15, -0.1) is 0 Å². The largest absolute Gasteiger partial charge is 0.453 e. The molecular weight excluding hydrogens is 790 g/mol. The van der Waals surface area contributed by atoms with Crippen molar-refractivity contribution >= 4 is 46.8 Å². The number of carbonyl (C=O) groups excluding carboxylic acids is 5. The summed E-state index contributed by atoms with van der Waals surface area (Å²) in [5.41, 5.74) is 4.80. The molecule has 4 unspecified atom stereocenters. The Morgan fingerprint density at radius 3 is 1.74 bits per heavy atom. The third-order valence-electron chi connectivity index (χ3n) is 12.1. The average Bonchev–Trinajstić information content (AvgIpc) is 4.00. The van der Waals surface area contributed by atoms with E-state index in [0.29, 0.717) is 63.2 Å². The number of nitrogens with zero attached hydrogens (tertiary/aromatic N) is 4. The normalized spacial score (nSPS) is 19.0. The number of allylic oxidation sites excluding steroid dienone is 1. The topological polar surface area (TPSA) is 144 Å². The Labute approximate surface area is 364 Å². The van der Waals surface area contributed by atoms with E-state index in [0.717, 1.165) is 61.2 Å². The highest BCUT2D eigenvalue weighted by molar-refractivity contribution is 5.99. The number of rotatable bonds is 16. The first-order valence-corrected chi connectivity index (χ1v) is 21.8. The number of hydrogen-bond acceptors (Lipinski definition) is 8. The summed E-state index contributed by atoms with van der Waals surface area (Å²) in [6, 6.07) is 18.9. The van der Waals surface area contributed by atoms with Crippen molar-refractivity contribution in [3.63, 3.8) is 0 Å². The fourth-order valence-corrected chi connectivity index (χ4v) is 8.75. The van der Waals surface area contributed by atoms with E-state index in [4.69, 9.17) is 0 Å². The van der Waals surface area contributed by atoms with Gasteiger partial charge in [0.25, 0.3) is 0 Å². The van der Waals surface area contributed by atoms with E-state index in [9.17, 15) is 28.4 Å². The zero-order chi connectivity index (χ0) is 44.2. The Balaban J connectivity index is 1.08. The fourth-order valence-electron chi connectivity index (χ4n) is 8.75. The molecule has 3 aromatic carbocycles. The summed E-state index contributed by atoms with van der Waals surface area (Å²) in [5.74, 6) is -1.21. The summed E-state index contributed by atoms with van der Waals surface area (Å²) in [5, 5.41) is 8.56. The summed E-state index contributed by atoms with van der Waals surface area (Å²) in [6.07, 6.45) is 9.13. The standard InChI is InChI=1S/C48H60FN7O6/c1-5-35(6-2)43(53-27-9-8-10-28-53)47(60)56-30-12-14-42(56)45(58)51-38-23-17-34(18-24-38)32-54(39-25-19-36(49)20-26-39)31-33-15-21-37(22-16-33)50-44(57)41-13-11-29-55(41)46(59)40(7-3)52-48(61)62-4/h5-6,15-26,40-43H,1,7-14,27-32H2,2-4H3,(H,50,57)(H,51,58)(H,52,61). The van der Waals surface area contributed by atoms with E-state index >= 15 is 0 Å². The van der Waals surface area contributed by atoms with Crippen molar-refractivity contribution < 1.29 is 33.1 Å². The minimum absolute atomic E-state index is 0.0464. The lowest BCUT2D eigenvalue weighted by Crippen LogP contribution is -2.54. The maximum atomic E-state index is 14.1. The van der Waals surface area contributed by atoms with Gasteiger partial charge in [-0.25, -0.2) is 9.18 Å². The highest BCUT2D eigenvalue weighted by Gasteiger charge is 2.40. The molecule has 3 aliphatic heterocycles. The van der Waals surface area contributed by atoms with Gasteiger partial charge >= 0.3 is 6.09 Å². The molecule has 3 saturated heterocycles. The average molecular weight is 850 g/mol. The Kier molecular flexibility index (Phi) is 15.9. The Morgan fingerprint density at radius 1 is 0.758 bits per heavy atom. The fraction of sp³-hybridized carbons (Fsp3) is 0.438. The minimum atomic E-state index is -0.790. The van der Waals surface area contributed by atoms with Crippen LogP contribution in [0.4, 0.5) is 26.2 Å². The minimum Gasteiger partial charge on any atom is -0.453 e. The van der Waals surface area contributed by atoms with Crippen molar-refractivity contribution in [3.05, 3.63) is 114 Å². The lowest BCUT2D eigenvalue weighted by Gasteiger charge is -2.37. The Bertz CT molecular complexity index is 2070. The van der Waals surface area contributed by atoms with Crippen molar-refractivity contribution in [2.24, 2.45) is 0 Å². The Morgan fingerprint density at radius 2 is 1.27 bits per heavy atom. The third kappa shape index (κ3) is 11.3.